The van der Waals surface area contributed by atoms with Gasteiger partial charge in [-0.3, -0.25) is 4.79 Å². The Morgan fingerprint density at radius 3 is 2.82 bits per heavy atom. The lowest BCUT2D eigenvalue weighted by molar-refractivity contribution is 0.0695. The third-order valence-electron chi connectivity index (χ3n) is 5.13. The smallest absolute Gasteiger partial charge is 0.253 e. The van der Waals surface area contributed by atoms with Crippen molar-refractivity contribution in [3.8, 4) is 17.1 Å². The molecule has 4 rings (SSSR count). The molecule has 0 N–H and O–H groups in total. The zero-order valence-electron chi connectivity index (χ0n) is 16.1. The summed E-state index contributed by atoms with van der Waals surface area (Å²) in [6.07, 6.45) is 1.84. The Kier molecular flexibility index (Phi) is 5.10. The second-order valence-corrected chi connectivity index (χ2v) is 7.14. The highest BCUT2D eigenvalue weighted by Gasteiger charge is 2.29. The molecular formula is C22H23N3O3. The first-order chi connectivity index (χ1) is 13.6. The Labute approximate surface area is 164 Å². The number of aromatic nitrogens is 2. The fraction of sp³-hybridized carbons (Fsp3) is 0.318. The maximum atomic E-state index is 12.8. The normalized spacial score (nSPS) is 16.8. The highest BCUT2D eigenvalue weighted by molar-refractivity contribution is 5.94. The first-order valence-corrected chi connectivity index (χ1v) is 9.48. The molecule has 0 aliphatic carbocycles. The topological polar surface area (TPSA) is 68.5 Å². The second kappa shape index (κ2) is 7.84. The van der Waals surface area contributed by atoms with Gasteiger partial charge in [0, 0.05) is 24.2 Å². The number of rotatable bonds is 4. The molecule has 144 valence electrons. The van der Waals surface area contributed by atoms with Crippen molar-refractivity contribution in [3.05, 3.63) is 65.5 Å². The molecule has 1 aliphatic rings. The molecule has 1 aliphatic heterocycles. The van der Waals surface area contributed by atoms with E-state index in [-0.39, 0.29) is 11.8 Å². The summed E-state index contributed by atoms with van der Waals surface area (Å²) < 4.78 is 10.8. The van der Waals surface area contributed by atoms with Crippen molar-refractivity contribution in [3.63, 3.8) is 0 Å². The van der Waals surface area contributed by atoms with E-state index >= 15 is 0 Å². The molecule has 0 bridgehead atoms. The molecule has 1 amide bonds. The molecule has 6 heteroatoms. The molecule has 28 heavy (non-hydrogen) atoms. The average Bonchev–Trinajstić information content (AvgIpc) is 3.24. The number of hydrogen-bond donors (Lipinski definition) is 0. The molecule has 0 spiro atoms. The summed E-state index contributed by atoms with van der Waals surface area (Å²) in [7, 11) is 1.63. The van der Waals surface area contributed by atoms with Crippen LogP contribution in [0.1, 0.15) is 40.6 Å². The fourth-order valence-corrected chi connectivity index (χ4v) is 3.52. The Hall–Kier alpha value is -3.15. The maximum absolute atomic E-state index is 12.8. The van der Waals surface area contributed by atoms with Gasteiger partial charge in [0.2, 0.25) is 11.7 Å². The van der Waals surface area contributed by atoms with Gasteiger partial charge in [-0.2, -0.15) is 4.98 Å². The van der Waals surface area contributed by atoms with E-state index in [4.69, 9.17) is 9.26 Å². The van der Waals surface area contributed by atoms with E-state index in [0.717, 1.165) is 36.3 Å². The van der Waals surface area contributed by atoms with Gasteiger partial charge in [-0.1, -0.05) is 35.0 Å². The van der Waals surface area contributed by atoms with Crippen molar-refractivity contribution >= 4 is 5.91 Å². The van der Waals surface area contributed by atoms with Gasteiger partial charge >= 0.3 is 0 Å². The lowest BCUT2D eigenvalue weighted by Gasteiger charge is -2.31. The first kappa shape index (κ1) is 18.2. The van der Waals surface area contributed by atoms with Gasteiger partial charge in [-0.15, -0.1) is 0 Å². The number of nitrogens with zero attached hydrogens (tertiary/aromatic N) is 3. The van der Waals surface area contributed by atoms with Gasteiger partial charge in [0.05, 0.1) is 13.0 Å². The summed E-state index contributed by atoms with van der Waals surface area (Å²) in [6.45, 7) is 3.35. The first-order valence-electron chi connectivity index (χ1n) is 9.48. The van der Waals surface area contributed by atoms with Crippen LogP contribution in [0.3, 0.4) is 0 Å². The average molecular weight is 377 g/mol. The SMILES string of the molecule is COc1cccc(-c2noc([C@H]3CCCN(C(=O)c4ccc(C)cc4)C3)n2)c1. The predicted octanol–water partition coefficient (Wildman–Crippen LogP) is 4.07. The Morgan fingerprint density at radius 1 is 1.21 bits per heavy atom. The minimum atomic E-state index is 0.0509. The standard InChI is InChI=1S/C22H23N3O3/c1-15-8-10-16(11-9-15)22(26)25-12-4-6-18(14-25)21-23-20(24-28-21)17-5-3-7-19(13-17)27-2/h3,5,7-11,13,18H,4,6,12,14H2,1-2H3/t18-/m0/s1. The van der Waals surface area contributed by atoms with Crippen LogP contribution in [-0.2, 0) is 0 Å². The van der Waals surface area contributed by atoms with Crippen molar-refractivity contribution in [2.24, 2.45) is 0 Å². The van der Waals surface area contributed by atoms with Gasteiger partial charge in [-0.25, -0.2) is 0 Å². The zero-order valence-corrected chi connectivity index (χ0v) is 16.1. The highest BCUT2D eigenvalue weighted by atomic mass is 16.5. The van der Waals surface area contributed by atoms with Crippen molar-refractivity contribution in [2.75, 3.05) is 20.2 Å². The van der Waals surface area contributed by atoms with Crippen molar-refractivity contribution in [2.45, 2.75) is 25.7 Å². The van der Waals surface area contributed by atoms with Crippen molar-refractivity contribution in [1.82, 2.24) is 15.0 Å². The van der Waals surface area contributed by atoms with Crippen molar-refractivity contribution < 1.29 is 14.1 Å². The number of amides is 1. The van der Waals surface area contributed by atoms with Gasteiger partial charge in [0.25, 0.3) is 5.91 Å². The molecular weight excluding hydrogens is 354 g/mol. The van der Waals surface area contributed by atoms with Gasteiger partial charge in [-0.05, 0) is 44.0 Å². The number of carbonyl (C=O) groups excluding carboxylic acids is 1. The Bertz CT molecular complexity index is 965. The van der Waals surface area contributed by atoms with E-state index in [2.05, 4.69) is 10.1 Å². The third kappa shape index (κ3) is 3.76. The van der Waals surface area contributed by atoms with Crippen LogP contribution in [0.4, 0.5) is 0 Å². The molecule has 2 aromatic carbocycles. The van der Waals surface area contributed by atoms with Crippen molar-refractivity contribution in [1.29, 1.82) is 0 Å². The van der Waals surface area contributed by atoms with Crippen LogP contribution in [0.2, 0.25) is 0 Å². The molecule has 1 aromatic heterocycles. The van der Waals surface area contributed by atoms with E-state index in [1.54, 1.807) is 7.11 Å². The summed E-state index contributed by atoms with van der Waals surface area (Å²) in [4.78, 5) is 19.3. The highest BCUT2D eigenvalue weighted by Crippen LogP contribution is 2.29. The third-order valence-corrected chi connectivity index (χ3v) is 5.13. The zero-order chi connectivity index (χ0) is 19.5. The number of ether oxygens (including phenoxy) is 1. The van der Waals surface area contributed by atoms with Crippen LogP contribution < -0.4 is 4.74 Å². The number of benzene rings is 2. The van der Waals surface area contributed by atoms with E-state index in [1.165, 1.54) is 0 Å². The molecule has 1 fully saturated rings. The predicted molar refractivity (Wildman–Crippen MR) is 105 cm³/mol. The Balaban J connectivity index is 1.49. The minimum absolute atomic E-state index is 0.0509. The maximum Gasteiger partial charge on any atom is 0.253 e. The number of aryl methyl sites for hydroxylation is 1. The monoisotopic (exact) mass is 377 g/mol. The summed E-state index contributed by atoms with van der Waals surface area (Å²) >= 11 is 0. The van der Waals surface area contributed by atoms with Crippen LogP contribution in [0.25, 0.3) is 11.4 Å². The molecule has 1 atom stereocenters. The minimum Gasteiger partial charge on any atom is -0.497 e. The fourth-order valence-electron chi connectivity index (χ4n) is 3.52. The van der Waals surface area contributed by atoms with Crippen LogP contribution in [0.5, 0.6) is 5.75 Å². The number of likely N-dealkylation sites (tertiary alicyclic amines) is 1. The van der Waals surface area contributed by atoms with E-state index in [1.807, 2.05) is 60.4 Å². The van der Waals surface area contributed by atoms with E-state index in [9.17, 15) is 4.79 Å². The summed E-state index contributed by atoms with van der Waals surface area (Å²) in [5.41, 5.74) is 2.70. The van der Waals surface area contributed by atoms with E-state index in [0.29, 0.717) is 23.8 Å². The molecule has 0 unspecified atom stereocenters. The second-order valence-electron chi connectivity index (χ2n) is 7.14. The molecule has 0 saturated carbocycles. The molecule has 0 radical (unpaired) electrons. The summed E-state index contributed by atoms with van der Waals surface area (Å²) in [6, 6.07) is 15.3. The lowest BCUT2D eigenvalue weighted by Crippen LogP contribution is -2.39. The molecule has 1 saturated heterocycles. The Morgan fingerprint density at radius 2 is 2.04 bits per heavy atom. The molecule has 6 nitrogen and oxygen atoms in total. The quantitative estimate of drug-likeness (QED) is 0.685. The van der Waals surface area contributed by atoms with Gasteiger partial charge < -0.3 is 14.2 Å². The number of methoxy groups -OCH3 is 1. The largest absolute Gasteiger partial charge is 0.497 e. The number of hydrogen-bond acceptors (Lipinski definition) is 5. The molecule has 3 aromatic rings. The van der Waals surface area contributed by atoms with Crippen LogP contribution >= 0.6 is 0 Å². The van der Waals surface area contributed by atoms with Crippen LogP contribution in [0.15, 0.2) is 53.1 Å². The lowest BCUT2D eigenvalue weighted by atomic mass is 9.97. The summed E-state index contributed by atoms with van der Waals surface area (Å²) in [5, 5.41) is 4.13. The van der Waals surface area contributed by atoms with Gasteiger partial charge in [0.1, 0.15) is 5.75 Å². The number of piperidine rings is 1. The van der Waals surface area contributed by atoms with E-state index < -0.39 is 0 Å². The number of carbonyl (C=O) groups is 1. The summed E-state index contributed by atoms with van der Waals surface area (Å²) in [5.74, 6) is 1.97. The van der Waals surface area contributed by atoms with Gasteiger partial charge in [0.15, 0.2) is 0 Å². The van der Waals surface area contributed by atoms with Crippen LogP contribution in [-0.4, -0.2) is 41.1 Å². The van der Waals surface area contributed by atoms with Crippen LogP contribution in [0, 0.1) is 6.92 Å². The molecule has 2 heterocycles.